The van der Waals surface area contributed by atoms with E-state index >= 15 is 0 Å². The minimum absolute atomic E-state index is 0.0219. The maximum atomic E-state index is 12.2. The Morgan fingerprint density at radius 3 is 2.39 bits per heavy atom. The summed E-state index contributed by atoms with van der Waals surface area (Å²) in [7, 11) is -3.77. The van der Waals surface area contributed by atoms with E-state index in [1.807, 2.05) is 0 Å². The number of rotatable bonds is 4. The Balaban J connectivity index is 3.27. The van der Waals surface area contributed by atoms with Gasteiger partial charge >= 0.3 is 0 Å². The Kier molecular flexibility index (Phi) is 5.08. The molecular weight excluding hydrogens is 363 g/mol. The van der Waals surface area contributed by atoms with Crippen LogP contribution in [-0.4, -0.2) is 20.5 Å². The van der Waals surface area contributed by atoms with E-state index in [9.17, 15) is 8.42 Å². The van der Waals surface area contributed by atoms with Crippen LogP contribution in [0.4, 0.5) is 0 Å². The second-order valence-electron chi connectivity index (χ2n) is 4.37. The summed E-state index contributed by atoms with van der Waals surface area (Å²) in [6, 6.07) is 2.91. The summed E-state index contributed by atoms with van der Waals surface area (Å²) in [6.45, 7) is 3.52. The van der Waals surface area contributed by atoms with E-state index in [2.05, 4.69) is 20.7 Å². The van der Waals surface area contributed by atoms with Gasteiger partial charge in [0.25, 0.3) is 0 Å². The van der Waals surface area contributed by atoms with Gasteiger partial charge in [0, 0.05) is 16.6 Å². The number of nitrogens with one attached hydrogen (secondary N) is 1. The zero-order chi connectivity index (χ0) is 14.1. The van der Waals surface area contributed by atoms with E-state index < -0.39 is 15.6 Å². The van der Waals surface area contributed by atoms with Crippen LogP contribution in [0, 0.1) is 0 Å². The largest absolute Gasteiger partial charge is 0.329 e. The highest BCUT2D eigenvalue weighted by Gasteiger charge is 2.27. The van der Waals surface area contributed by atoms with Crippen LogP contribution in [0.15, 0.2) is 21.5 Å². The smallest absolute Gasteiger partial charge is 0.242 e. The molecule has 1 aromatic rings. The summed E-state index contributed by atoms with van der Waals surface area (Å²) in [4.78, 5) is -0.0705. The van der Waals surface area contributed by atoms with Crippen LogP contribution in [-0.2, 0) is 10.0 Å². The highest BCUT2D eigenvalue weighted by molar-refractivity contribution is 9.10. The number of benzene rings is 1. The van der Waals surface area contributed by atoms with Gasteiger partial charge in [-0.1, -0.05) is 23.2 Å². The number of halogens is 3. The molecule has 0 saturated carbocycles. The average molecular weight is 376 g/mol. The van der Waals surface area contributed by atoms with Gasteiger partial charge in [0.15, 0.2) is 0 Å². The molecule has 1 aromatic carbocycles. The summed E-state index contributed by atoms with van der Waals surface area (Å²) < 4.78 is 27.3. The predicted octanol–water partition coefficient (Wildman–Crippen LogP) is 2.77. The Hall–Kier alpha value is 0.150. The molecule has 1 rings (SSSR count). The zero-order valence-electron chi connectivity index (χ0n) is 9.80. The third-order valence-corrected chi connectivity index (χ3v) is 5.83. The molecule has 0 unspecified atom stereocenters. The van der Waals surface area contributed by atoms with Gasteiger partial charge in [-0.2, -0.15) is 0 Å². The molecule has 0 saturated heterocycles. The Morgan fingerprint density at radius 1 is 1.33 bits per heavy atom. The number of hydrogen-bond acceptors (Lipinski definition) is 3. The van der Waals surface area contributed by atoms with Crippen LogP contribution in [0.3, 0.4) is 0 Å². The van der Waals surface area contributed by atoms with Gasteiger partial charge in [-0.25, -0.2) is 13.1 Å². The average Bonchev–Trinajstić information content (AvgIpc) is 2.24. The van der Waals surface area contributed by atoms with Crippen LogP contribution in [0.2, 0.25) is 10.0 Å². The van der Waals surface area contributed by atoms with Crippen molar-refractivity contribution in [3.63, 3.8) is 0 Å². The lowest BCUT2D eigenvalue weighted by Gasteiger charge is -2.24. The minimum Gasteiger partial charge on any atom is -0.329 e. The molecule has 4 nitrogen and oxygen atoms in total. The summed E-state index contributed by atoms with van der Waals surface area (Å²) in [5, 5.41) is 0.136. The van der Waals surface area contributed by atoms with E-state index in [-0.39, 0.29) is 21.5 Å². The van der Waals surface area contributed by atoms with Crippen LogP contribution >= 0.6 is 39.1 Å². The summed E-state index contributed by atoms with van der Waals surface area (Å²) in [5.41, 5.74) is 4.73. The first-order chi connectivity index (χ1) is 8.10. The van der Waals surface area contributed by atoms with Gasteiger partial charge in [-0.15, -0.1) is 0 Å². The number of nitrogens with two attached hydrogens (primary N) is 1. The molecular formula is C10H13BrCl2N2O2S. The monoisotopic (exact) mass is 374 g/mol. The first-order valence-corrected chi connectivity index (χ1v) is 8.01. The highest BCUT2D eigenvalue weighted by atomic mass is 79.9. The lowest BCUT2D eigenvalue weighted by atomic mass is 10.1. The predicted molar refractivity (Wildman–Crippen MR) is 77.6 cm³/mol. The number of hydrogen-bond donors (Lipinski definition) is 2. The first kappa shape index (κ1) is 16.2. The van der Waals surface area contributed by atoms with Gasteiger partial charge in [-0.05, 0) is 41.9 Å². The fraction of sp³-hybridized carbons (Fsp3) is 0.400. The Morgan fingerprint density at radius 2 is 1.89 bits per heavy atom. The molecule has 0 aliphatic carbocycles. The molecule has 0 aliphatic rings. The molecule has 3 N–H and O–H groups in total. The van der Waals surface area contributed by atoms with E-state index in [1.165, 1.54) is 12.1 Å². The standard InChI is InChI=1S/C10H13BrCl2N2O2S/c1-10(2,5-14)15-18(16,17)7-4-3-6(11)8(12)9(7)13/h3-4,15H,5,14H2,1-2H3. The van der Waals surface area contributed by atoms with E-state index in [0.29, 0.717) is 4.47 Å². The second-order valence-corrected chi connectivity index (χ2v) is 7.63. The molecule has 0 radical (unpaired) electrons. The van der Waals surface area contributed by atoms with Gasteiger partial charge in [0.05, 0.1) is 10.0 Å². The molecule has 0 bridgehead atoms. The zero-order valence-corrected chi connectivity index (χ0v) is 13.7. The molecule has 8 heteroatoms. The minimum atomic E-state index is -3.77. The summed E-state index contributed by atoms with van der Waals surface area (Å²) >= 11 is 15.0. The van der Waals surface area contributed by atoms with Gasteiger partial charge in [-0.3, -0.25) is 0 Å². The normalized spacial score (nSPS) is 12.8. The highest BCUT2D eigenvalue weighted by Crippen LogP contribution is 2.35. The fourth-order valence-corrected chi connectivity index (χ4v) is 3.82. The quantitative estimate of drug-likeness (QED) is 0.794. The molecule has 0 fully saturated rings. The van der Waals surface area contributed by atoms with Crippen molar-refractivity contribution in [2.45, 2.75) is 24.3 Å². The van der Waals surface area contributed by atoms with Crippen molar-refractivity contribution >= 4 is 49.2 Å². The fourth-order valence-electron chi connectivity index (χ4n) is 1.18. The number of sulfonamides is 1. The molecule has 0 aromatic heterocycles. The molecule has 0 aliphatic heterocycles. The summed E-state index contributed by atoms with van der Waals surface area (Å²) in [6.07, 6.45) is 0. The molecule has 18 heavy (non-hydrogen) atoms. The third kappa shape index (κ3) is 3.59. The van der Waals surface area contributed by atoms with E-state index in [0.717, 1.165) is 0 Å². The molecule has 0 spiro atoms. The van der Waals surface area contributed by atoms with Crippen molar-refractivity contribution < 1.29 is 8.42 Å². The van der Waals surface area contributed by atoms with Crippen LogP contribution in [0.5, 0.6) is 0 Å². The van der Waals surface area contributed by atoms with Crippen LogP contribution < -0.4 is 10.5 Å². The van der Waals surface area contributed by atoms with E-state index in [1.54, 1.807) is 13.8 Å². The van der Waals surface area contributed by atoms with Crippen molar-refractivity contribution in [3.8, 4) is 0 Å². The van der Waals surface area contributed by atoms with Crippen LogP contribution in [0.1, 0.15) is 13.8 Å². The van der Waals surface area contributed by atoms with Crippen LogP contribution in [0.25, 0.3) is 0 Å². The Bertz CT molecular complexity index is 561. The molecule has 0 heterocycles. The van der Waals surface area contributed by atoms with Crippen molar-refractivity contribution in [3.05, 3.63) is 26.7 Å². The molecule has 102 valence electrons. The van der Waals surface area contributed by atoms with Gasteiger partial charge < -0.3 is 5.73 Å². The maximum Gasteiger partial charge on any atom is 0.242 e. The third-order valence-electron chi connectivity index (χ3n) is 2.21. The summed E-state index contributed by atoms with van der Waals surface area (Å²) in [5.74, 6) is 0. The van der Waals surface area contributed by atoms with Crippen molar-refractivity contribution in [2.75, 3.05) is 6.54 Å². The van der Waals surface area contributed by atoms with Gasteiger partial charge in [0.2, 0.25) is 10.0 Å². The lowest BCUT2D eigenvalue weighted by Crippen LogP contribution is -2.48. The maximum absolute atomic E-state index is 12.2. The Labute approximate surface area is 125 Å². The SMILES string of the molecule is CC(C)(CN)NS(=O)(=O)c1ccc(Br)c(Cl)c1Cl. The van der Waals surface area contributed by atoms with E-state index in [4.69, 9.17) is 28.9 Å². The molecule has 0 amide bonds. The van der Waals surface area contributed by atoms with Crippen molar-refractivity contribution in [1.29, 1.82) is 0 Å². The van der Waals surface area contributed by atoms with Gasteiger partial charge in [0.1, 0.15) is 4.90 Å². The second kappa shape index (κ2) is 5.64. The van der Waals surface area contributed by atoms with Crippen molar-refractivity contribution in [1.82, 2.24) is 4.72 Å². The topological polar surface area (TPSA) is 72.2 Å². The first-order valence-electron chi connectivity index (χ1n) is 4.98. The van der Waals surface area contributed by atoms with Crippen molar-refractivity contribution in [2.24, 2.45) is 5.73 Å². The lowest BCUT2D eigenvalue weighted by molar-refractivity contribution is 0.462. The molecule has 0 atom stereocenters.